The van der Waals surface area contributed by atoms with Gasteiger partial charge in [-0.1, -0.05) is 29.8 Å². The number of fused-ring (bicyclic) bond motifs is 1. The largest absolute Gasteiger partial charge is 0.497 e. The first-order valence-electron chi connectivity index (χ1n) is 12.3. The molecule has 8 heteroatoms. The number of aryl methyl sites for hydroxylation is 1. The highest BCUT2D eigenvalue weighted by molar-refractivity contribution is 7.92. The molecule has 0 saturated carbocycles. The van der Waals surface area contributed by atoms with E-state index in [0.717, 1.165) is 55.1 Å². The molecule has 36 heavy (non-hydrogen) atoms. The summed E-state index contributed by atoms with van der Waals surface area (Å²) in [4.78, 5) is 2.67. The maximum absolute atomic E-state index is 13.9. The summed E-state index contributed by atoms with van der Waals surface area (Å²) in [7, 11) is -2.16. The number of benzene rings is 3. The van der Waals surface area contributed by atoms with E-state index in [4.69, 9.17) is 14.2 Å². The zero-order valence-corrected chi connectivity index (χ0v) is 21.5. The number of likely N-dealkylation sites (tertiary alicyclic amines) is 1. The lowest BCUT2D eigenvalue weighted by atomic mass is 10.0. The van der Waals surface area contributed by atoms with Gasteiger partial charge in [-0.3, -0.25) is 9.21 Å². The highest BCUT2D eigenvalue weighted by Gasteiger charge is 2.34. The molecule has 0 amide bonds. The second-order valence-corrected chi connectivity index (χ2v) is 11.1. The van der Waals surface area contributed by atoms with E-state index in [1.165, 1.54) is 0 Å². The molecule has 1 fully saturated rings. The van der Waals surface area contributed by atoms with E-state index < -0.39 is 10.0 Å². The summed E-state index contributed by atoms with van der Waals surface area (Å²) in [5.74, 6) is 2.22. The molecule has 2 aliphatic heterocycles. The summed E-state index contributed by atoms with van der Waals surface area (Å²) in [5, 5.41) is 0. The van der Waals surface area contributed by atoms with E-state index in [0.29, 0.717) is 29.5 Å². The lowest BCUT2D eigenvalue weighted by Crippen LogP contribution is -2.47. The molecule has 0 unspecified atom stereocenters. The van der Waals surface area contributed by atoms with Gasteiger partial charge in [0.25, 0.3) is 10.0 Å². The molecule has 0 atom stereocenters. The van der Waals surface area contributed by atoms with Crippen molar-refractivity contribution in [3.8, 4) is 17.2 Å². The molecule has 0 spiro atoms. The summed E-state index contributed by atoms with van der Waals surface area (Å²) in [6.45, 7) is 5.47. The van der Waals surface area contributed by atoms with E-state index in [1.807, 2.05) is 49.4 Å². The van der Waals surface area contributed by atoms with Crippen LogP contribution in [0.15, 0.2) is 71.6 Å². The Kier molecular flexibility index (Phi) is 7.07. The second kappa shape index (κ2) is 10.4. The van der Waals surface area contributed by atoms with Crippen LogP contribution in [0.2, 0.25) is 0 Å². The molecular formula is C28H32N2O5S. The molecule has 0 N–H and O–H groups in total. The zero-order valence-electron chi connectivity index (χ0n) is 20.7. The Bertz CT molecular complexity index is 1300. The minimum atomic E-state index is -3.75. The molecule has 3 aromatic carbocycles. The van der Waals surface area contributed by atoms with Crippen molar-refractivity contribution in [1.29, 1.82) is 0 Å². The van der Waals surface area contributed by atoms with Gasteiger partial charge >= 0.3 is 0 Å². The van der Waals surface area contributed by atoms with Crippen molar-refractivity contribution in [3.63, 3.8) is 0 Å². The third-order valence-corrected chi connectivity index (χ3v) is 8.68. The lowest BCUT2D eigenvalue weighted by Gasteiger charge is -2.39. The fourth-order valence-corrected chi connectivity index (χ4v) is 6.58. The van der Waals surface area contributed by atoms with Crippen molar-refractivity contribution in [1.82, 2.24) is 4.90 Å². The average molecular weight is 509 g/mol. The smallest absolute Gasteiger partial charge is 0.264 e. The van der Waals surface area contributed by atoms with Gasteiger partial charge < -0.3 is 14.2 Å². The maximum Gasteiger partial charge on any atom is 0.264 e. The Morgan fingerprint density at radius 2 is 1.67 bits per heavy atom. The summed E-state index contributed by atoms with van der Waals surface area (Å²) >= 11 is 0. The van der Waals surface area contributed by atoms with Gasteiger partial charge in [0.1, 0.15) is 19.0 Å². The van der Waals surface area contributed by atoms with Crippen LogP contribution < -0.4 is 18.5 Å². The first-order chi connectivity index (χ1) is 17.4. The highest BCUT2D eigenvalue weighted by Crippen LogP contribution is 2.34. The highest BCUT2D eigenvalue weighted by atomic mass is 32.2. The number of anilines is 1. The van der Waals surface area contributed by atoms with E-state index in [9.17, 15) is 8.42 Å². The first kappa shape index (κ1) is 24.5. The van der Waals surface area contributed by atoms with Crippen LogP contribution in [0.1, 0.15) is 24.0 Å². The van der Waals surface area contributed by atoms with Crippen LogP contribution in [-0.2, 0) is 16.6 Å². The van der Waals surface area contributed by atoms with Gasteiger partial charge in [0.05, 0.1) is 17.7 Å². The average Bonchev–Trinajstić information content (AvgIpc) is 2.90. The second-order valence-electron chi connectivity index (χ2n) is 9.30. The molecule has 0 bridgehead atoms. The number of nitrogens with zero attached hydrogens (tertiary/aromatic N) is 2. The molecule has 190 valence electrons. The quantitative estimate of drug-likeness (QED) is 0.463. The van der Waals surface area contributed by atoms with Crippen LogP contribution in [0.25, 0.3) is 0 Å². The maximum atomic E-state index is 13.9. The van der Waals surface area contributed by atoms with E-state index in [1.54, 1.807) is 29.6 Å². The predicted octanol–water partition coefficient (Wildman–Crippen LogP) is 4.63. The number of ether oxygens (including phenoxy) is 3. The number of hydrogen-bond donors (Lipinski definition) is 0. The Morgan fingerprint density at radius 3 is 2.39 bits per heavy atom. The van der Waals surface area contributed by atoms with Gasteiger partial charge in [0.2, 0.25) is 0 Å². The zero-order chi connectivity index (χ0) is 25.1. The Labute approximate surface area is 213 Å². The molecule has 5 rings (SSSR count). The number of rotatable bonds is 7. The Hall–Kier alpha value is -3.23. The Balaban J connectivity index is 1.36. The van der Waals surface area contributed by atoms with Crippen molar-refractivity contribution in [3.05, 3.63) is 77.9 Å². The molecule has 3 aromatic rings. The Morgan fingerprint density at radius 1 is 0.944 bits per heavy atom. The lowest BCUT2D eigenvalue weighted by molar-refractivity contribution is 0.170. The number of methoxy groups -OCH3 is 1. The molecule has 1 saturated heterocycles. The van der Waals surface area contributed by atoms with Crippen molar-refractivity contribution >= 4 is 15.7 Å². The fourth-order valence-electron chi connectivity index (χ4n) is 4.87. The normalized spacial score (nSPS) is 16.5. The number of piperidine rings is 1. The molecule has 0 aromatic heterocycles. The molecule has 2 heterocycles. The number of hydrogen-bond acceptors (Lipinski definition) is 6. The molecule has 2 aliphatic rings. The molecule has 7 nitrogen and oxygen atoms in total. The SMILES string of the molecule is COc1cccc(N(C2CCN(Cc3ccc4c(c3)OCCO4)CC2)S(=O)(=O)c2ccc(C)cc2)c1. The fraction of sp³-hybridized carbons (Fsp3) is 0.357. The van der Waals surface area contributed by atoms with Crippen LogP contribution in [0.5, 0.6) is 17.2 Å². The van der Waals surface area contributed by atoms with Crippen LogP contribution in [-0.4, -0.2) is 52.8 Å². The summed E-state index contributed by atoms with van der Waals surface area (Å²) < 4.78 is 46.2. The van der Waals surface area contributed by atoms with Crippen LogP contribution >= 0.6 is 0 Å². The summed E-state index contributed by atoms with van der Waals surface area (Å²) in [6, 6.07) is 20.3. The van der Waals surface area contributed by atoms with Crippen molar-refractivity contribution < 1.29 is 22.6 Å². The van der Waals surface area contributed by atoms with Crippen LogP contribution in [0.3, 0.4) is 0 Å². The first-order valence-corrected chi connectivity index (χ1v) is 13.7. The standard InChI is InChI=1S/C28H32N2O5S/c1-21-6-9-26(10-7-21)36(31,32)30(24-4-3-5-25(19-24)33-2)23-12-14-29(15-13-23)20-22-8-11-27-28(18-22)35-17-16-34-27/h3-11,18-19,23H,12-17,20H2,1-2H3. The van der Waals surface area contributed by atoms with Gasteiger partial charge in [-0.2, -0.15) is 0 Å². The van der Waals surface area contributed by atoms with Crippen molar-refractivity contribution in [2.24, 2.45) is 0 Å². The van der Waals surface area contributed by atoms with Crippen LogP contribution in [0.4, 0.5) is 5.69 Å². The minimum Gasteiger partial charge on any atom is -0.497 e. The molecule has 0 radical (unpaired) electrons. The third-order valence-electron chi connectivity index (χ3n) is 6.79. The van der Waals surface area contributed by atoms with Gasteiger partial charge in [0, 0.05) is 31.7 Å². The van der Waals surface area contributed by atoms with Gasteiger partial charge in [-0.25, -0.2) is 8.42 Å². The van der Waals surface area contributed by atoms with E-state index in [-0.39, 0.29) is 6.04 Å². The van der Waals surface area contributed by atoms with Gasteiger partial charge in [-0.15, -0.1) is 0 Å². The van der Waals surface area contributed by atoms with E-state index >= 15 is 0 Å². The topological polar surface area (TPSA) is 68.3 Å². The monoisotopic (exact) mass is 508 g/mol. The third kappa shape index (κ3) is 5.15. The summed E-state index contributed by atoms with van der Waals surface area (Å²) in [5.41, 5.74) is 2.81. The van der Waals surface area contributed by atoms with Crippen molar-refractivity contribution in [2.75, 3.05) is 37.7 Å². The molecular weight excluding hydrogens is 476 g/mol. The molecule has 0 aliphatic carbocycles. The summed E-state index contributed by atoms with van der Waals surface area (Å²) in [6.07, 6.45) is 1.46. The predicted molar refractivity (Wildman–Crippen MR) is 140 cm³/mol. The number of sulfonamides is 1. The van der Waals surface area contributed by atoms with Gasteiger partial charge in [0.15, 0.2) is 11.5 Å². The minimum absolute atomic E-state index is 0.153. The van der Waals surface area contributed by atoms with E-state index in [2.05, 4.69) is 11.0 Å². The van der Waals surface area contributed by atoms with Crippen LogP contribution in [0, 0.1) is 6.92 Å². The van der Waals surface area contributed by atoms with Crippen molar-refractivity contribution in [2.45, 2.75) is 37.2 Å². The van der Waals surface area contributed by atoms with Gasteiger partial charge in [-0.05, 0) is 61.7 Å².